The Morgan fingerprint density at radius 2 is 2.08 bits per heavy atom. The van der Waals surface area contributed by atoms with Crippen LogP contribution in [-0.4, -0.2) is 25.7 Å². The molecule has 0 saturated carbocycles. The van der Waals surface area contributed by atoms with Gasteiger partial charge in [-0.1, -0.05) is 0 Å². The fourth-order valence-electron chi connectivity index (χ4n) is 0.813. The first-order valence-corrected chi connectivity index (χ1v) is 9.17. The summed E-state index contributed by atoms with van der Waals surface area (Å²) in [5.41, 5.74) is 5.11. The molecular weight excluding hydrogens is 215 g/mol. The zero-order valence-electron chi connectivity index (χ0n) is 8.00. The molecule has 0 aliphatic rings. The van der Waals surface area contributed by atoms with E-state index in [0.717, 1.165) is 12.8 Å². The van der Waals surface area contributed by atoms with Gasteiger partial charge in [-0.2, -0.15) is 0 Å². The molecule has 1 N–H and O–H groups in total. The molecule has 0 unspecified atom stereocenters. The number of hydrogen-bond donors (Lipinski definition) is 1. The number of hydrogen-bond acceptors (Lipinski definition) is 1. The summed E-state index contributed by atoms with van der Waals surface area (Å²) < 4.78 is 0. The van der Waals surface area contributed by atoms with E-state index < -0.39 is 20.6 Å². The zero-order chi connectivity index (χ0) is 9.56. The van der Waals surface area contributed by atoms with Crippen LogP contribution in [0.15, 0.2) is 11.6 Å². The third kappa shape index (κ3) is 6.48. The average Bonchev–Trinajstić information content (AvgIpc) is 1.97. The molecule has 0 aromatic heterocycles. The summed E-state index contributed by atoms with van der Waals surface area (Å²) >= 11 is -0.492. The van der Waals surface area contributed by atoms with Gasteiger partial charge in [0.15, 0.2) is 0 Å². The third-order valence-corrected chi connectivity index (χ3v) is 4.14. The third-order valence-electron chi connectivity index (χ3n) is 1.60. The molecule has 0 aromatic rings. The summed E-state index contributed by atoms with van der Waals surface area (Å²) in [5.74, 6) is -0.794. The number of carbonyl (C=O) groups is 1. The normalized spacial score (nSPS) is 12.2. The van der Waals surface area contributed by atoms with E-state index in [1.165, 1.54) is 5.21 Å². The molecular formula is C9H17AsO2. The number of carboxylic acid groups (broad SMARTS) is 1. The van der Waals surface area contributed by atoms with E-state index in [9.17, 15) is 4.79 Å². The number of aliphatic carboxylic acids is 1. The molecule has 0 amide bonds. The SMILES string of the molecule is CC(=CCCC[As](C)C)C(=O)O. The van der Waals surface area contributed by atoms with E-state index in [-0.39, 0.29) is 0 Å². The van der Waals surface area contributed by atoms with Gasteiger partial charge in [0.25, 0.3) is 0 Å². The molecule has 0 aromatic carbocycles. The molecule has 0 aliphatic heterocycles. The van der Waals surface area contributed by atoms with Crippen molar-refractivity contribution in [3.8, 4) is 0 Å². The Bertz CT molecular complexity index is 173. The van der Waals surface area contributed by atoms with Crippen molar-refractivity contribution in [1.29, 1.82) is 0 Å². The molecule has 2 nitrogen and oxygen atoms in total. The van der Waals surface area contributed by atoms with Crippen LogP contribution in [0.1, 0.15) is 19.8 Å². The fraction of sp³-hybridized carbons (Fsp3) is 0.667. The quantitative estimate of drug-likeness (QED) is 0.449. The summed E-state index contributed by atoms with van der Waals surface area (Å²) in [4.78, 5) is 10.4. The zero-order valence-corrected chi connectivity index (χ0v) is 9.88. The second-order valence-electron chi connectivity index (χ2n) is 3.14. The topological polar surface area (TPSA) is 37.3 Å². The average molecular weight is 232 g/mol. The standard InChI is InChI=1S/C9H17AsO2/c1-8(9(11)12)6-4-5-7-10(2)3/h6H,4-5,7H2,1-3H3,(H,11,12). The van der Waals surface area contributed by atoms with Gasteiger partial charge >= 0.3 is 78.6 Å². The first kappa shape index (κ1) is 11.8. The predicted molar refractivity (Wildman–Crippen MR) is 52.9 cm³/mol. The Labute approximate surface area is 78.9 Å². The Morgan fingerprint density at radius 1 is 1.50 bits per heavy atom. The van der Waals surface area contributed by atoms with Crippen molar-refractivity contribution in [3.05, 3.63) is 11.6 Å². The van der Waals surface area contributed by atoms with Crippen LogP contribution in [0, 0.1) is 0 Å². The van der Waals surface area contributed by atoms with E-state index >= 15 is 0 Å². The number of rotatable bonds is 5. The summed E-state index contributed by atoms with van der Waals surface area (Å²) in [6.45, 7) is 1.65. The van der Waals surface area contributed by atoms with Gasteiger partial charge in [-0.25, -0.2) is 0 Å². The van der Waals surface area contributed by atoms with E-state index in [1.54, 1.807) is 6.92 Å². The van der Waals surface area contributed by atoms with Crippen LogP contribution in [0.4, 0.5) is 0 Å². The van der Waals surface area contributed by atoms with Crippen molar-refractivity contribution in [2.75, 3.05) is 0 Å². The van der Waals surface area contributed by atoms with Gasteiger partial charge in [0, 0.05) is 0 Å². The van der Waals surface area contributed by atoms with Crippen molar-refractivity contribution in [2.45, 2.75) is 36.4 Å². The van der Waals surface area contributed by atoms with Crippen LogP contribution in [0.25, 0.3) is 0 Å². The summed E-state index contributed by atoms with van der Waals surface area (Å²) in [5, 5.41) is 9.85. The van der Waals surface area contributed by atoms with E-state index in [0.29, 0.717) is 5.57 Å². The van der Waals surface area contributed by atoms with Gasteiger partial charge in [0.1, 0.15) is 0 Å². The van der Waals surface area contributed by atoms with E-state index in [4.69, 9.17) is 5.11 Å². The minimum atomic E-state index is -0.794. The van der Waals surface area contributed by atoms with Crippen LogP contribution in [0.5, 0.6) is 0 Å². The Hall–Kier alpha value is -0.232. The molecule has 0 spiro atoms. The molecule has 3 heteroatoms. The van der Waals surface area contributed by atoms with Gasteiger partial charge in [-0.05, 0) is 0 Å². The van der Waals surface area contributed by atoms with Gasteiger partial charge in [-0.15, -0.1) is 0 Å². The second-order valence-corrected chi connectivity index (χ2v) is 8.61. The minimum absolute atomic E-state index is 0.473. The molecule has 12 heavy (non-hydrogen) atoms. The van der Waals surface area contributed by atoms with Crippen molar-refractivity contribution in [2.24, 2.45) is 0 Å². The van der Waals surface area contributed by atoms with Crippen LogP contribution in [0.3, 0.4) is 0 Å². The summed E-state index contributed by atoms with van der Waals surface area (Å²) in [6, 6.07) is 0. The molecule has 70 valence electrons. The van der Waals surface area contributed by atoms with Crippen molar-refractivity contribution < 1.29 is 9.90 Å². The number of allylic oxidation sites excluding steroid dienone is 1. The Kier molecular flexibility index (Phi) is 6.18. The summed E-state index contributed by atoms with van der Waals surface area (Å²) in [7, 11) is 0. The maximum atomic E-state index is 10.4. The molecule has 0 radical (unpaired) electrons. The van der Waals surface area contributed by atoms with Crippen LogP contribution in [0.2, 0.25) is 16.6 Å². The Balaban J connectivity index is 3.54. The van der Waals surface area contributed by atoms with Crippen molar-refractivity contribution >= 4 is 20.6 Å². The van der Waals surface area contributed by atoms with E-state index in [1.807, 2.05) is 6.08 Å². The van der Waals surface area contributed by atoms with Crippen LogP contribution < -0.4 is 0 Å². The predicted octanol–water partition coefficient (Wildman–Crippen LogP) is 2.55. The monoisotopic (exact) mass is 232 g/mol. The van der Waals surface area contributed by atoms with Gasteiger partial charge in [0.05, 0.1) is 0 Å². The number of unbranched alkanes of at least 4 members (excludes halogenated alkanes) is 1. The van der Waals surface area contributed by atoms with Gasteiger partial charge in [-0.3, -0.25) is 0 Å². The first-order chi connectivity index (χ1) is 5.54. The number of carboxylic acids is 1. The molecule has 0 heterocycles. The first-order valence-electron chi connectivity index (χ1n) is 4.09. The summed E-state index contributed by atoms with van der Waals surface area (Å²) in [6.07, 6.45) is 3.89. The van der Waals surface area contributed by atoms with Crippen LogP contribution >= 0.6 is 0 Å². The molecule has 0 rings (SSSR count). The maximum absolute atomic E-state index is 10.4. The van der Waals surface area contributed by atoms with Gasteiger partial charge in [0.2, 0.25) is 0 Å². The molecule has 0 saturated heterocycles. The molecule has 0 aliphatic carbocycles. The second kappa shape index (κ2) is 6.30. The fourth-order valence-corrected chi connectivity index (χ4v) is 2.52. The Morgan fingerprint density at radius 3 is 2.50 bits per heavy atom. The van der Waals surface area contributed by atoms with E-state index in [2.05, 4.69) is 11.4 Å². The van der Waals surface area contributed by atoms with Gasteiger partial charge < -0.3 is 0 Å². The van der Waals surface area contributed by atoms with Crippen LogP contribution in [-0.2, 0) is 4.79 Å². The molecule has 0 atom stereocenters. The van der Waals surface area contributed by atoms with Crippen molar-refractivity contribution in [3.63, 3.8) is 0 Å². The van der Waals surface area contributed by atoms with Crippen molar-refractivity contribution in [1.82, 2.24) is 0 Å². The molecule has 0 fully saturated rings. The molecule has 0 bridgehead atoms.